The maximum atomic E-state index is 12.3. The van der Waals surface area contributed by atoms with Crippen LogP contribution >= 0.6 is 0 Å². The minimum atomic E-state index is -3.72. The third-order valence-electron chi connectivity index (χ3n) is 3.79. The summed E-state index contributed by atoms with van der Waals surface area (Å²) in [5, 5.41) is 11.5. The van der Waals surface area contributed by atoms with E-state index in [9.17, 15) is 18.0 Å². The van der Waals surface area contributed by atoms with Crippen LogP contribution in [0.25, 0.3) is 0 Å². The van der Waals surface area contributed by atoms with Gasteiger partial charge in [-0.2, -0.15) is 0 Å². The maximum absolute atomic E-state index is 12.3. The Morgan fingerprint density at radius 3 is 2.73 bits per heavy atom. The Morgan fingerprint density at radius 2 is 2.12 bits per heavy atom. The minimum Gasteiger partial charge on any atom is -0.480 e. The molecule has 1 amide bonds. The molecule has 1 aliphatic carbocycles. The fourth-order valence-corrected chi connectivity index (χ4v) is 3.28. The normalized spacial score (nSPS) is 15.2. The number of ether oxygens (including phenoxy) is 1. The second-order valence-electron chi connectivity index (χ2n) is 6.01. The molecule has 0 bridgehead atoms. The van der Waals surface area contributed by atoms with Crippen LogP contribution in [-0.2, 0) is 19.6 Å². The lowest BCUT2D eigenvalue weighted by atomic mass is 10.2. The van der Waals surface area contributed by atoms with E-state index < -0.39 is 27.9 Å². The molecule has 26 heavy (non-hydrogen) atoms. The lowest BCUT2D eigenvalue weighted by Crippen LogP contribution is -2.44. The molecule has 8 nitrogen and oxygen atoms in total. The van der Waals surface area contributed by atoms with Crippen molar-refractivity contribution in [3.8, 4) is 0 Å². The average Bonchev–Trinajstić information content (AvgIpc) is 3.43. The highest BCUT2D eigenvalue weighted by atomic mass is 32.2. The van der Waals surface area contributed by atoms with Crippen molar-refractivity contribution in [3.05, 3.63) is 42.5 Å². The number of carbonyl (C=O) groups excluding carboxylic acids is 1. The summed E-state index contributed by atoms with van der Waals surface area (Å²) in [5.41, 5.74) is 0.0502. The van der Waals surface area contributed by atoms with Crippen molar-refractivity contribution in [3.63, 3.8) is 0 Å². The van der Waals surface area contributed by atoms with Crippen LogP contribution in [0.2, 0.25) is 0 Å². The molecule has 1 unspecified atom stereocenters. The zero-order valence-electron chi connectivity index (χ0n) is 14.2. The first kappa shape index (κ1) is 20.1. The van der Waals surface area contributed by atoms with Gasteiger partial charge in [-0.05, 0) is 37.0 Å². The molecule has 142 valence electrons. The van der Waals surface area contributed by atoms with E-state index in [1.54, 1.807) is 0 Å². The second-order valence-corrected chi connectivity index (χ2v) is 7.78. The first-order valence-corrected chi connectivity index (χ1v) is 9.64. The van der Waals surface area contributed by atoms with E-state index in [0.29, 0.717) is 12.5 Å². The van der Waals surface area contributed by atoms with Crippen LogP contribution in [0, 0.1) is 5.92 Å². The number of carboxylic acids is 1. The largest absolute Gasteiger partial charge is 0.480 e. The summed E-state index contributed by atoms with van der Waals surface area (Å²) in [6.07, 6.45) is 3.48. The van der Waals surface area contributed by atoms with Gasteiger partial charge in [-0.3, -0.25) is 4.79 Å². The quantitative estimate of drug-likeness (QED) is 0.384. The highest BCUT2D eigenvalue weighted by Gasteiger charge is 2.25. The molecule has 3 N–H and O–H groups in total. The number of benzene rings is 1. The number of carboxylic acid groups (broad SMARTS) is 1. The summed E-state index contributed by atoms with van der Waals surface area (Å²) >= 11 is 0. The summed E-state index contributed by atoms with van der Waals surface area (Å²) in [5.74, 6) is -1.57. The third kappa shape index (κ3) is 5.94. The molecule has 1 aliphatic rings. The zero-order valence-corrected chi connectivity index (χ0v) is 15.0. The van der Waals surface area contributed by atoms with Crippen LogP contribution in [0.15, 0.2) is 41.8 Å². The van der Waals surface area contributed by atoms with Gasteiger partial charge in [0.15, 0.2) is 6.04 Å². The van der Waals surface area contributed by atoms with Crippen LogP contribution in [0.5, 0.6) is 0 Å². The number of hydrogen-bond acceptors (Lipinski definition) is 5. The SMILES string of the molecule is C=CCOCC(NC(=O)c1cccc(S(=O)(=O)NCC2CC2)c1)C(=O)O. The fourth-order valence-electron chi connectivity index (χ4n) is 2.12. The van der Waals surface area contributed by atoms with E-state index in [0.717, 1.165) is 12.8 Å². The van der Waals surface area contributed by atoms with Crippen molar-refractivity contribution in [1.29, 1.82) is 0 Å². The lowest BCUT2D eigenvalue weighted by Gasteiger charge is -2.15. The summed E-state index contributed by atoms with van der Waals surface area (Å²) in [7, 11) is -3.72. The van der Waals surface area contributed by atoms with Gasteiger partial charge in [0.1, 0.15) is 0 Å². The van der Waals surface area contributed by atoms with Crippen molar-refractivity contribution in [2.24, 2.45) is 5.92 Å². The van der Waals surface area contributed by atoms with E-state index in [4.69, 9.17) is 9.84 Å². The Balaban J connectivity index is 2.05. The standard InChI is InChI=1S/C17H22N2O6S/c1-2-8-25-11-15(17(21)22)19-16(20)13-4-3-5-14(9-13)26(23,24)18-10-12-6-7-12/h2-5,9,12,15,18H,1,6-8,10-11H2,(H,19,20)(H,21,22). The number of sulfonamides is 1. The van der Waals surface area contributed by atoms with E-state index in [-0.39, 0.29) is 23.7 Å². The molecule has 2 rings (SSSR count). The molecular weight excluding hydrogens is 360 g/mol. The molecular formula is C17H22N2O6S. The minimum absolute atomic E-state index is 0.0411. The van der Waals surface area contributed by atoms with E-state index in [2.05, 4.69) is 16.6 Å². The van der Waals surface area contributed by atoms with Crippen molar-refractivity contribution in [1.82, 2.24) is 10.0 Å². The molecule has 0 spiro atoms. The van der Waals surface area contributed by atoms with Crippen molar-refractivity contribution < 1.29 is 27.9 Å². The van der Waals surface area contributed by atoms with E-state index in [1.165, 1.54) is 30.3 Å². The van der Waals surface area contributed by atoms with Crippen LogP contribution in [0.4, 0.5) is 0 Å². The van der Waals surface area contributed by atoms with Gasteiger partial charge >= 0.3 is 5.97 Å². The number of amides is 1. The summed E-state index contributed by atoms with van der Waals surface area (Å²) in [6.45, 7) is 3.75. The molecule has 1 aromatic carbocycles. The molecule has 0 aromatic heterocycles. The third-order valence-corrected chi connectivity index (χ3v) is 5.21. The van der Waals surface area contributed by atoms with Crippen molar-refractivity contribution in [2.45, 2.75) is 23.8 Å². The number of carbonyl (C=O) groups is 2. The molecule has 1 atom stereocenters. The van der Waals surface area contributed by atoms with Crippen molar-refractivity contribution in [2.75, 3.05) is 19.8 Å². The van der Waals surface area contributed by atoms with Gasteiger partial charge in [-0.15, -0.1) is 6.58 Å². The number of hydrogen-bond donors (Lipinski definition) is 3. The van der Waals surface area contributed by atoms with Gasteiger partial charge in [0.05, 0.1) is 18.1 Å². The Labute approximate surface area is 152 Å². The first-order valence-electron chi connectivity index (χ1n) is 8.15. The average molecular weight is 382 g/mol. The first-order chi connectivity index (χ1) is 12.3. The molecule has 0 aliphatic heterocycles. The van der Waals surface area contributed by atoms with E-state index in [1.807, 2.05) is 0 Å². The number of rotatable bonds is 11. The maximum Gasteiger partial charge on any atom is 0.328 e. The van der Waals surface area contributed by atoms with Gasteiger partial charge in [-0.25, -0.2) is 17.9 Å². The molecule has 0 heterocycles. The predicted molar refractivity (Wildman–Crippen MR) is 94.3 cm³/mol. The van der Waals surface area contributed by atoms with Crippen LogP contribution in [-0.4, -0.2) is 51.2 Å². The van der Waals surface area contributed by atoms with Gasteiger partial charge in [0.25, 0.3) is 5.91 Å². The van der Waals surface area contributed by atoms with Gasteiger partial charge in [0.2, 0.25) is 10.0 Å². The predicted octanol–water partition coefficient (Wildman–Crippen LogP) is 0.761. The summed E-state index contributed by atoms with van der Waals surface area (Å²) in [6, 6.07) is 4.20. The van der Waals surface area contributed by atoms with Crippen molar-refractivity contribution >= 4 is 21.9 Å². The van der Waals surface area contributed by atoms with Gasteiger partial charge < -0.3 is 15.2 Å². The fraction of sp³-hybridized carbons (Fsp3) is 0.412. The Kier molecular flexibility index (Phi) is 6.90. The van der Waals surface area contributed by atoms with Gasteiger partial charge in [0, 0.05) is 12.1 Å². The van der Waals surface area contributed by atoms with Crippen LogP contribution in [0.1, 0.15) is 23.2 Å². The highest BCUT2D eigenvalue weighted by Crippen LogP contribution is 2.28. The van der Waals surface area contributed by atoms with Crippen LogP contribution in [0.3, 0.4) is 0 Å². The van der Waals surface area contributed by atoms with Crippen LogP contribution < -0.4 is 10.0 Å². The molecule has 0 saturated heterocycles. The summed E-state index contributed by atoms with van der Waals surface area (Å²) in [4.78, 5) is 23.5. The summed E-state index contributed by atoms with van der Waals surface area (Å²) < 4.78 is 32.1. The number of nitrogens with one attached hydrogen (secondary N) is 2. The Morgan fingerprint density at radius 1 is 1.38 bits per heavy atom. The Bertz CT molecular complexity index is 773. The second kappa shape index (κ2) is 8.93. The smallest absolute Gasteiger partial charge is 0.328 e. The highest BCUT2D eigenvalue weighted by molar-refractivity contribution is 7.89. The molecule has 1 saturated carbocycles. The topological polar surface area (TPSA) is 122 Å². The molecule has 1 fully saturated rings. The zero-order chi connectivity index (χ0) is 19.2. The Hall–Kier alpha value is -2.23. The monoisotopic (exact) mass is 382 g/mol. The molecule has 9 heteroatoms. The van der Waals surface area contributed by atoms with Gasteiger partial charge in [-0.1, -0.05) is 12.1 Å². The molecule has 0 radical (unpaired) electrons. The lowest BCUT2D eigenvalue weighted by molar-refractivity contribution is -0.140. The molecule has 1 aromatic rings. The number of aliphatic carboxylic acids is 1. The van der Waals surface area contributed by atoms with E-state index >= 15 is 0 Å².